The number of rotatable bonds is 5. The van der Waals surface area contributed by atoms with Crippen LogP contribution >= 0.6 is 23.4 Å². The predicted octanol–water partition coefficient (Wildman–Crippen LogP) is 6.02. The largest absolute Gasteiger partial charge is 0.321 e. The minimum Gasteiger partial charge on any atom is -0.321 e. The van der Waals surface area contributed by atoms with Gasteiger partial charge in [-0.15, -0.1) is 0 Å². The lowest BCUT2D eigenvalue weighted by Gasteiger charge is -2.20. The minimum atomic E-state index is -0.547. The zero-order valence-electron chi connectivity index (χ0n) is 18.7. The highest BCUT2D eigenvalue weighted by molar-refractivity contribution is 8.05. The van der Waals surface area contributed by atoms with E-state index in [1.807, 2.05) is 80.6 Å². The van der Waals surface area contributed by atoms with Crippen molar-refractivity contribution < 1.29 is 9.59 Å². The van der Waals surface area contributed by atoms with Gasteiger partial charge in [0.05, 0.1) is 10.9 Å². The van der Waals surface area contributed by atoms with Crippen LogP contribution in [0.15, 0.2) is 83.4 Å². The molecule has 1 aliphatic rings. The summed E-state index contributed by atoms with van der Waals surface area (Å²) in [6.07, 6.45) is 0.425. The van der Waals surface area contributed by atoms with Crippen molar-refractivity contribution in [1.29, 1.82) is 5.26 Å². The van der Waals surface area contributed by atoms with Gasteiger partial charge in [0.1, 0.15) is 16.7 Å². The molecule has 5 nitrogen and oxygen atoms in total. The van der Waals surface area contributed by atoms with Gasteiger partial charge in [0.2, 0.25) is 5.91 Å². The number of hydrogen-bond donors (Lipinski definition) is 1. The summed E-state index contributed by atoms with van der Waals surface area (Å²) in [6, 6.07) is 24.2. The van der Waals surface area contributed by atoms with Crippen molar-refractivity contribution in [2.45, 2.75) is 25.5 Å². The predicted molar refractivity (Wildman–Crippen MR) is 138 cm³/mol. The third kappa shape index (κ3) is 4.86. The molecule has 0 aliphatic carbocycles. The highest BCUT2D eigenvalue weighted by atomic mass is 35.5. The summed E-state index contributed by atoms with van der Waals surface area (Å²) in [5.74, 6) is -0.722. The fourth-order valence-corrected chi connectivity index (χ4v) is 5.31. The van der Waals surface area contributed by atoms with E-state index in [0.717, 1.165) is 16.7 Å². The van der Waals surface area contributed by atoms with Gasteiger partial charge in [-0.05, 0) is 61.2 Å². The van der Waals surface area contributed by atoms with Crippen LogP contribution in [0.1, 0.15) is 16.7 Å². The zero-order chi connectivity index (χ0) is 24.2. The molecule has 0 unspecified atom stereocenters. The van der Waals surface area contributed by atoms with Gasteiger partial charge in [-0.3, -0.25) is 14.5 Å². The van der Waals surface area contributed by atoms with Crippen LogP contribution in [0, 0.1) is 25.2 Å². The summed E-state index contributed by atoms with van der Waals surface area (Å²) in [7, 11) is 0. The second kappa shape index (κ2) is 10.2. The van der Waals surface area contributed by atoms with E-state index >= 15 is 0 Å². The molecule has 1 atom stereocenters. The second-order valence-corrected chi connectivity index (χ2v) is 9.59. The third-order valence-corrected chi connectivity index (χ3v) is 7.06. The summed E-state index contributed by atoms with van der Waals surface area (Å²) >= 11 is 7.37. The van der Waals surface area contributed by atoms with Gasteiger partial charge < -0.3 is 5.32 Å². The Balaban J connectivity index is 1.76. The van der Waals surface area contributed by atoms with Crippen LogP contribution in [-0.2, 0) is 16.0 Å². The van der Waals surface area contributed by atoms with Gasteiger partial charge in [0.25, 0.3) is 5.91 Å². The first kappa shape index (κ1) is 23.6. The first-order chi connectivity index (χ1) is 16.4. The second-order valence-electron chi connectivity index (χ2n) is 7.96. The molecule has 1 N–H and O–H groups in total. The summed E-state index contributed by atoms with van der Waals surface area (Å²) < 4.78 is 0. The summed E-state index contributed by atoms with van der Waals surface area (Å²) in [4.78, 5) is 28.3. The maximum Gasteiger partial charge on any atom is 0.269 e. The van der Waals surface area contributed by atoms with Crippen molar-refractivity contribution >= 4 is 46.6 Å². The topological polar surface area (TPSA) is 73.2 Å². The molecule has 1 saturated heterocycles. The number of nitrogens with zero attached hydrogens (tertiary/aromatic N) is 2. The lowest BCUT2D eigenvalue weighted by molar-refractivity contribution is -0.117. The van der Waals surface area contributed by atoms with Gasteiger partial charge in [-0.1, -0.05) is 71.9 Å². The maximum absolute atomic E-state index is 13.6. The van der Waals surface area contributed by atoms with Gasteiger partial charge in [-0.2, -0.15) is 5.26 Å². The lowest BCUT2D eigenvalue weighted by Crippen LogP contribution is -2.31. The number of carbonyl (C=O) groups excluding carboxylic acids is 2. The normalized spacial score (nSPS) is 16.8. The Kier molecular flexibility index (Phi) is 7.06. The van der Waals surface area contributed by atoms with E-state index in [1.54, 1.807) is 12.1 Å². The fraction of sp³-hybridized carbons (Fsp3) is 0.148. The summed E-state index contributed by atoms with van der Waals surface area (Å²) in [5, 5.41) is 13.3. The number of aryl methyl sites for hydroxylation is 2. The lowest BCUT2D eigenvalue weighted by atomic mass is 10.1. The number of anilines is 2. The quantitative estimate of drug-likeness (QED) is 0.352. The summed E-state index contributed by atoms with van der Waals surface area (Å²) in [5.41, 5.74) is 3.83. The molecule has 1 heterocycles. The van der Waals surface area contributed by atoms with E-state index in [2.05, 4.69) is 5.32 Å². The Hall–Kier alpha value is -3.53. The number of nitriles is 1. The SMILES string of the molecule is Cc1ccccc1NC(=O)/C(C#N)=C1\S[C@H](Cc2cccc(Cl)c2)C(=O)N1c1ccccc1C. The van der Waals surface area contributed by atoms with Crippen molar-refractivity contribution in [3.05, 3.63) is 105 Å². The molecule has 1 aliphatic heterocycles. The number of nitrogens with one attached hydrogen (secondary N) is 1. The third-order valence-electron chi connectivity index (χ3n) is 5.57. The Morgan fingerprint density at radius 2 is 1.76 bits per heavy atom. The first-order valence-electron chi connectivity index (χ1n) is 10.7. The van der Waals surface area contributed by atoms with Crippen LogP contribution in [0.4, 0.5) is 11.4 Å². The van der Waals surface area contributed by atoms with E-state index in [1.165, 1.54) is 16.7 Å². The van der Waals surface area contributed by atoms with Gasteiger partial charge in [0.15, 0.2) is 0 Å². The number of halogens is 1. The van der Waals surface area contributed by atoms with Crippen molar-refractivity contribution in [3.63, 3.8) is 0 Å². The number of carbonyl (C=O) groups is 2. The molecule has 2 amide bonds. The average molecular weight is 488 g/mol. The Morgan fingerprint density at radius 3 is 2.44 bits per heavy atom. The smallest absolute Gasteiger partial charge is 0.269 e. The monoisotopic (exact) mass is 487 g/mol. The van der Waals surface area contributed by atoms with Crippen molar-refractivity contribution in [2.75, 3.05) is 10.2 Å². The minimum absolute atomic E-state index is 0.0987. The first-order valence-corrected chi connectivity index (χ1v) is 12.0. The molecule has 3 aromatic rings. The van der Waals surface area contributed by atoms with E-state index in [0.29, 0.717) is 27.8 Å². The van der Waals surface area contributed by atoms with Crippen LogP contribution in [0.5, 0.6) is 0 Å². The molecular formula is C27H22ClN3O2S. The fourth-order valence-electron chi connectivity index (χ4n) is 3.80. The molecule has 0 bridgehead atoms. The van der Waals surface area contributed by atoms with Gasteiger partial charge in [-0.25, -0.2) is 0 Å². The molecule has 4 rings (SSSR count). The van der Waals surface area contributed by atoms with Crippen LogP contribution < -0.4 is 10.2 Å². The Labute approximate surface area is 208 Å². The van der Waals surface area contributed by atoms with Crippen molar-refractivity contribution in [2.24, 2.45) is 0 Å². The number of para-hydroxylation sites is 2. The maximum atomic E-state index is 13.6. The zero-order valence-corrected chi connectivity index (χ0v) is 20.3. The van der Waals surface area contributed by atoms with E-state index in [4.69, 9.17) is 11.6 Å². The molecule has 3 aromatic carbocycles. The molecule has 0 aromatic heterocycles. The molecule has 34 heavy (non-hydrogen) atoms. The van der Waals surface area contributed by atoms with Gasteiger partial charge in [0, 0.05) is 10.7 Å². The molecule has 0 saturated carbocycles. The van der Waals surface area contributed by atoms with E-state index in [9.17, 15) is 14.9 Å². The Bertz CT molecular complexity index is 1350. The van der Waals surface area contributed by atoms with Gasteiger partial charge >= 0.3 is 0 Å². The number of hydrogen-bond acceptors (Lipinski definition) is 4. The molecular weight excluding hydrogens is 466 g/mol. The number of amides is 2. The highest BCUT2D eigenvalue weighted by Gasteiger charge is 2.41. The van der Waals surface area contributed by atoms with Crippen LogP contribution in [0.3, 0.4) is 0 Å². The number of benzene rings is 3. The van der Waals surface area contributed by atoms with Crippen LogP contribution in [0.2, 0.25) is 5.02 Å². The highest BCUT2D eigenvalue weighted by Crippen LogP contribution is 2.43. The van der Waals surface area contributed by atoms with Crippen LogP contribution in [0.25, 0.3) is 0 Å². The van der Waals surface area contributed by atoms with E-state index in [-0.39, 0.29) is 11.5 Å². The molecule has 0 spiro atoms. The molecule has 170 valence electrons. The average Bonchev–Trinajstić information content (AvgIpc) is 3.11. The van der Waals surface area contributed by atoms with Crippen LogP contribution in [-0.4, -0.2) is 17.1 Å². The van der Waals surface area contributed by atoms with Crippen molar-refractivity contribution in [3.8, 4) is 6.07 Å². The Morgan fingerprint density at radius 1 is 1.06 bits per heavy atom. The molecule has 0 radical (unpaired) electrons. The summed E-state index contributed by atoms with van der Waals surface area (Å²) in [6.45, 7) is 3.78. The van der Waals surface area contributed by atoms with Crippen molar-refractivity contribution in [1.82, 2.24) is 0 Å². The van der Waals surface area contributed by atoms with E-state index < -0.39 is 11.2 Å². The standard InChI is InChI=1S/C27H22ClN3O2S/c1-17-8-3-5-12-22(17)30-25(32)21(16-29)27-31(23-13-6-4-9-18(23)2)26(33)24(34-27)15-19-10-7-11-20(28)14-19/h3-14,24H,15H2,1-2H3,(H,30,32)/b27-21-/t24-/m1/s1. The number of thioether (sulfide) groups is 1. The molecule has 7 heteroatoms. The molecule has 1 fully saturated rings.